The third kappa shape index (κ3) is 6.15. The molecule has 0 aliphatic heterocycles. The van der Waals surface area contributed by atoms with Crippen LogP contribution in [0.15, 0.2) is 29.2 Å². The van der Waals surface area contributed by atoms with Crippen molar-refractivity contribution >= 4 is 29.3 Å². The smallest absolute Gasteiger partial charge is 0.305 e. The maximum absolute atomic E-state index is 11.6. The molecule has 0 bridgehead atoms. The number of esters is 1. The van der Waals surface area contributed by atoms with Crippen molar-refractivity contribution in [1.29, 1.82) is 0 Å². The van der Waals surface area contributed by atoms with Gasteiger partial charge in [0, 0.05) is 23.5 Å². The highest BCUT2D eigenvalue weighted by Crippen LogP contribution is 2.23. The van der Waals surface area contributed by atoms with Crippen LogP contribution < -0.4 is 11.1 Å². The molecule has 1 aromatic carbocycles. The summed E-state index contributed by atoms with van der Waals surface area (Å²) in [6, 6.07) is 7.42. The van der Waals surface area contributed by atoms with Crippen molar-refractivity contribution in [2.45, 2.75) is 17.7 Å². The fourth-order valence-electron chi connectivity index (χ4n) is 1.37. The number of amides is 1. The third-order valence-corrected chi connectivity index (χ3v) is 3.47. The summed E-state index contributed by atoms with van der Waals surface area (Å²) >= 11 is 1.40. The van der Waals surface area contributed by atoms with E-state index >= 15 is 0 Å². The molecule has 104 valence electrons. The summed E-state index contributed by atoms with van der Waals surface area (Å²) in [6.45, 7) is 0.471. The van der Waals surface area contributed by atoms with E-state index in [0.717, 1.165) is 4.90 Å². The van der Waals surface area contributed by atoms with Gasteiger partial charge < -0.3 is 15.8 Å². The van der Waals surface area contributed by atoms with E-state index in [4.69, 9.17) is 5.73 Å². The standard InChI is InChI=1S/C13H18N2O3S/c1-18-13(17)7-4-8-15-12(16)9-19-11-6-3-2-5-10(11)14/h2-3,5-6H,4,7-9,14H2,1H3,(H,15,16). The molecule has 0 saturated carbocycles. The lowest BCUT2D eigenvalue weighted by atomic mass is 10.3. The number of carbonyl (C=O) groups is 2. The molecule has 0 aliphatic rings. The number of nitrogen functional groups attached to an aromatic ring is 1. The molecule has 1 aromatic rings. The molecule has 0 aromatic heterocycles. The minimum Gasteiger partial charge on any atom is -0.469 e. The first kappa shape index (κ1) is 15.4. The lowest BCUT2D eigenvalue weighted by Crippen LogP contribution is -2.26. The fraction of sp³-hybridized carbons (Fsp3) is 0.385. The monoisotopic (exact) mass is 282 g/mol. The van der Waals surface area contributed by atoms with Crippen molar-refractivity contribution in [2.75, 3.05) is 25.1 Å². The molecule has 3 N–H and O–H groups in total. The molecular formula is C13H18N2O3S. The number of para-hydroxylation sites is 1. The van der Waals surface area contributed by atoms with Crippen LogP contribution in [-0.4, -0.2) is 31.3 Å². The van der Waals surface area contributed by atoms with Crippen molar-refractivity contribution in [3.63, 3.8) is 0 Å². The highest BCUT2D eigenvalue weighted by molar-refractivity contribution is 8.00. The van der Waals surface area contributed by atoms with Gasteiger partial charge in [0.25, 0.3) is 0 Å². The normalized spacial score (nSPS) is 9.95. The van der Waals surface area contributed by atoms with Crippen LogP contribution >= 0.6 is 11.8 Å². The first-order valence-electron chi connectivity index (χ1n) is 5.94. The topological polar surface area (TPSA) is 81.4 Å². The van der Waals surface area contributed by atoms with E-state index in [1.54, 1.807) is 6.07 Å². The number of thioether (sulfide) groups is 1. The highest BCUT2D eigenvalue weighted by Gasteiger charge is 2.05. The van der Waals surface area contributed by atoms with Gasteiger partial charge in [0.2, 0.25) is 5.91 Å². The van der Waals surface area contributed by atoms with Gasteiger partial charge >= 0.3 is 5.97 Å². The van der Waals surface area contributed by atoms with Gasteiger partial charge in [-0.2, -0.15) is 0 Å². The number of ether oxygens (including phenoxy) is 1. The van der Waals surface area contributed by atoms with Gasteiger partial charge in [-0.3, -0.25) is 9.59 Å². The van der Waals surface area contributed by atoms with E-state index in [0.29, 0.717) is 30.8 Å². The van der Waals surface area contributed by atoms with Gasteiger partial charge in [-0.15, -0.1) is 11.8 Å². The molecule has 0 saturated heterocycles. The minimum atomic E-state index is -0.263. The molecule has 1 rings (SSSR count). The second-order valence-electron chi connectivity index (χ2n) is 3.86. The van der Waals surface area contributed by atoms with Gasteiger partial charge in [0.15, 0.2) is 0 Å². The molecule has 0 fully saturated rings. The number of anilines is 1. The molecule has 5 nitrogen and oxygen atoms in total. The molecule has 0 unspecified atom stereocenters. The lowest BCUT2D eigenvalue weighted by Gasteiger charge is -2.06. The summed E-state index contributed by atoms with van der Waals surface area (Å²) in [5.41, 5.74) is 6.45. The Labute approximate surface area is 116 Å². The average molecular weight is 282 g/mol. The first-order chi connectivity index (χ1) is 9.13. The van der Waals surface area contributed by atoms with E-state index in [1.165, 1.54) is 18.9 Å². The number of hydrogen-bond donors (Lipinski definition) is 2. The van der Waals surface area contributed by atoms with E-state index in [-0.39, 0.29) is 11.9 Å². The second-order valence-corrected chi connectivity index (χ2v) is 4.87. The van der Waals surface area contributed by atoms with Crippen molar-refractivity contribution < 1.29 is 14.3 Å². The van der Waals surface area contributed by atoms with Crippen molar-refractivity contribution in [1.82, 2.24) is 5.32 Å². The van der Waals surface area contributed by atoms with Gasteiger partial charge in [-0.1, -0.05) is 12.1 Å². The van der Waals surface area contributed by atoms with E-state index < -0.39 is 0 Å². The summed E-state index contributed by atoms with van der Waals surface area (Å²) in [5, 5.41) is 2.74. The number of nitrogens with one attached hydrogen (secondary N) is 1. The molecule has 0 heterocycles. The first-order valence-corrected chi connectivity index (χ1v) is 6.93. The summed E-state index contributed by atoms with van der Waals surface area (Å²) in [6.07, 6.45) is 0.895. The zero-order chi connectivity index (χ0) is 14.1. The zero-order valence-electron chi connectivity index (χ0n) is 10.8. The molecule has 6 heteroatoms. The van der Waals surface area contributed by atoms with E-state index in [1.807, 2.05) is 18.2 Å². The summed E-state index contributed by atoms with van der Waals surface area (Å²) in [7, 11) is 1.35. The Morgan fingerprint density at radius 3 is 2.79 bits per heavy atom. The summed E-state index contributed by atoms with van der Waals surface area (Å²) < 4.78 is 4.51. The highest BCUT2D eigenvalue weighted by atomic mass is 32.2. The number of methoxy groups -OCH3 is 1. The van der Waals surface area contributed by atoms with Crippen LogP contribution in [0.4, 0.5) is 5.69 Å². The van der Waals surface area contributed by atoms with Crippen LogP contribution in [0, 0.1) is 0 Å². The number of rotatable bonds is 7. The largest absolute Gasteiger partial charge is 0.469 e. The fourth-order valence-corrected chi connectivity index (χ4v) is 2.17. The van der Waals surface area contributed by atoms with Gasteiger partial charge in [-0.05, 0) is 18.6 Å². The Balaban J connectivity index is 2.18. The Hall–Kier alpha value is -1.69. The Morgan fingerprint density at radius 1 is 1.37 bits per heavy atom. The third-order valence-electron chi connectivity index (χ3n) is 2.39. The Morgan fingerprint density at radius 2 is 2.11 bits per heavy atom. The SMILES string of the molecule is COC(=O)CCCNC(=O)CSc1ccccc1N. The van der Waals surface area contributed by atoms with Crippen molar-refractivity contribution in [2.24, 2.45) is 0 Å². The number of carbonyl (C=O) groups excluding carboxylic acids is 2. The lowest BCUT2D eigenvalue weighted by molar-refractivity contribution is -0.140. The molecule has 0 atom stereocenters. The second kappa shape index (κ2) is 8.42. The molecule has 19 heavy (non-hydrogen) atoms. The van der Waals surface area contributed by atoms with E-state index in [2.05, 4.69) is 10.1 Å². The Bertz CT molecular complexity index is 438. The molecule has 0 aliphatic carbocycles. The molecular weight excluding hydrogens is 264 g/mol. The maximum atomic E-state index is 11.6. The van der Waals surface area contributed by atoms with Crippen LogP contribution in [0.5, 0.6) is 0 Å². The van der Waals surface area contributed by atoms with Crippen LogP contribution in [0.3, 0.4) is 0 Å². The molecule has 0 spiro atoms. The Kier molecular flexibility index (Phi) is 6.81. The summed E-state index contributed by atoms with van der Waals surface area (Å²) in [5.74, 6) is -0.0225. The van der Waals surface area contributed by atoms with Gasteiger partial charge in [0.05, 0.1) is 12.9 Å². The summed E-state index contributed by atoms with van der Waals surface area (Å²) in [4.78, 5) is 23.3. The zero-order valence-corrected chi connectivity index (χ0v) is 11.7. The number of nitrogens with two attached hydrogens (primary N) is 1. The van der Waals surface area contributed by atoms with Gasteiger partial charge in [-0.25, -0.2) is 0 Å². The van der Waals surface area contributed by atoms with Gasteiger partial charge in [0.1, 0.15) is 0 Å². The van der Waals surface area contributed by atoms with Crippen LogP contribution in [-0.2, 0) is 14.3 Å². The minimum absolute atomic E-state index is 0.0712. The molecule has 0 radical (unpaired) electrons. The molecule has 1 amide bonds. The maximum Gasteiger partial charge on any atom is 0.305 e. The average Bonchev–Trinajstić information content (AvgIpc) is 2.42. The van der Waals surface area contributed by atoms with Crippen molar-refractivity contribution in [3.8, 4) is 0 Å². The quantitative estimate of drug-likeness (QED) is 0.342. The van der Waals surface area contributed by atoms with Crippen LogP contribution in [0.25, 0.3) is 0 Å². The predicted molar refractivity (Wildman–Crippen MR) is 75.8 cm³/mol. The van der Waals surface area contributed by atoms with Crippen LogP contribution in [0.1, 0.15) is 12.8 Å². The van der Waals surface area contributed by atoms with Crippen LogP contribution in [0.2, 0.25) is 0 Å². The van der Waals surface area contributed by atoms with E-state index in [9.17, 15) is 9.59 Å². The van der Waals surface area contributed by atoms with Crippen molar-refractivity contribution in [3.05, 3.63) is 24.3 Å². The number of hydrogen-bond acceptors (Lipinski definition) is 5. The predicted octanol–water partition coefficient (Wildman–Crippen LogP) is 1.43. The number of benzene rings is 1.